The lowest BCUT2D eigenvalue weighted by atomic mass is 10.0. The molecule has 0 radical (unpaired) electrons. The number of hydrogen-bond donors (Lipinski definition) is 1. The summed E-state index contributed by atoms with van der Waals surface area (Å²) in [4.78, 5) is 11.5. The summed E-state index contributed by atoms with van der Waals surface area (Å²) in [5.74, 6) is -0.160. The van der Waals surface area contributed by atoms with Crippen LogP contribution in [-0.2, 0) is 17.4 Å². The topological polar surface area (TPSA) is 43.1 Å². The third kappa shape index (κ3) is 3.85. The number of nitrogens with two attached hydrogens (primary N) is 1. The van der Waals surface area contributed by atoms with Gasteiger partial charge in [-0.05, 0) is 24.1 Å². The summed E-state index contributed by atoms with van der Waals surface area (Å²) in [6.07, 6.45) is -3.74. The molecule has 0 saturated carbocycles. The zero-order chi connectivity index (χ0) is 13.1. The Hall–Kier alpha value is -1.36. The molecule has 0 bridgehead atoms. The third-order valence-corrected chi connectivity index (χ3v) is 2.51. The minimum Gasteiger partial charge on any atom is -0.322 e. The van der Waals surface area contributed by atoms with Gasteiger partial charge in [0.2, 0.25) is 0 Å². The summed E-state index contributed by atoms with van der Waals surface area (Å²) >= 11 is 0. The van der Waals surface area contributed by atoms with Crippen LogP contribution in [0.25, 0.3) is 0 Å². The van der Waals surface area contributed by atoms with Crippen LogP contribution >= 0.6 is 0 Å². The molecule has 0 saturated heterocycles. The fraction of sp³-hybridized carbons (Fsp3) is 0.417. The summed E-state index contributed by atoms with van der Waals surface area (Å²) in [7, 11) is 0. The van der Waals surface area contributed by atoms with Gasteiger partial charge < -0.3 is 5.73 Å². The molecule has 1 unspecified atom stereocenters. The van der Waals surface area contributed by atoms with Gasteiger partial charge in [0, 0.05) is 6.42 Å². The second kappa shape index (κ2) is 5.31. The molecule has 1 aromatic rings. The van der Waals surface area contributed by atoms with E-state index < -0.39 is 17.8 Å². The molecule has 5 heteroatoms. The maximum atomic E-state index is 12.3. The van der Waals surface area contributed by atoms with Crippen LogP contribution in [0.2, 0.25) is 0 Å². The van der Waals surface area contributed by atoms with Crippen LogP contribution in [0.3, 0.4) is 0 Å². The van der Waals surface area contributed by atoms with Crippen molar-refractivity contribution in [2.24, 2.45) is 5.73 Å². The van der Waals surface area contributed by atoms with Crippen molar-refractivity contribution in [2.45, 2.75) is 32.0 Å². The van der Waals surface area contributed by atoms with Gasteiger partial charge in [0.05, 0.1) is 11.6 Å². The number of benzene rings is 1. The van der Waals surface area contributed by atoms with Gasteiger partial charge in [-0.15, -0.1) is 0 Å². The quantitative estimate of drug-likeness (QED) is 0.885. The average Bonchev–Trinajstić information content (AvgIpc) is 2.27. The predicted octanol–water partition coefficient (Wildman–Crippen LogP) is 2.55. The number of ketones is 1. The maximum absolute atomic E-state index is 12.3. The molecular weight excluding hydrogens is 231 g/mol. The fourth-order valence-corrected chi connectivity index (χ4v) is 1.37. The summed E-state index contributed by atoms with van der Waals surface area (Å²) in [6.45, 7) is 1.79. The van der Waals surface area contributed by atoms with E-state index in [1.807, 2.05) is 0 Å². The number of carbonyl (C=O) groups is 1. The number of alkyl halides is 3. The van der Waals surface area contributed by atoms with Crippen LogP contribution in [-0.4, -0.2) is 11.8 Å². The van der Waals surface area contributed by atoms with Gasteiger partial charge in [0.25, 0.3) is 0 Å². The zero-order valence-corrected chi connectivity index (χ0v) is 9.42. The SMILES string of the molecule is CCC(N)C(=O)Cc1ccc(C(F)(F)F)cc1. The molecule has 0 aromatic heterocycles. The molecule has 0 aliphatic rings. The lowest BCUT2D eigenvalue weighted by Crippen LogP contribution is -2.30. The molecule has 1 aromatic carbocycles. The zero-order valence-electron chi connectivity index (χ0n) is 9.42. The minimum absolute atomic E-state index is 0.0765. The molecule has 0 spiro atoms. The average molecular weight is 245 g/mol. The molecular formula is C12H14F3NO. The van der Waals surface area contributed by atoms with Gasteiger partial charge in [-0.1, -0.05) is 19.1 Å². The Labute approximate surface area is 97.6 Å². The van der Waals surface area contributed by atoms with Crippen LogP contribution in [0, 0.1) is 0 Å². The summed E-state index contributed by atoms with van der Waals surface area (Å²) in [5, 5.41) is 0. The van der Waals surface area contributed by atoms with Crippen LogP contribution in [0.5, 0.6) is 0 Å². The number of rotatable bonds is 4. The predicted molar refractivity (Wildman–Crippen MR) is 58.4 cm³/mol. The van der Waals surface area contributed by atoms with Gasteiger partial charge in [0.15, 0.2) is 5.78 Å². The number of halogens is 3. The van der Waals surface area contributed by atoms with E-state index in [-0.39, 0.29) is 12.2 Å². The molecule has 1 rings (SSSR count). The van der Waals surface area contributed by atoms with E-state index in [0.29, 0.717) is 12.0 Å². The molecule has 2 nitrogen and oxygen atoms in total. The highest BCUT2D eigenvalue weighted by molar-refractivity contribution is 5.85. The van der Waals surface area contributed by atoms with E-state index in [1.54, 1.807) is 6.92 Å². The second-order valence-corrected chi connectivity index (χ2v) is 3.85. The fourth-order valence-electron chi connectivity index (χ4n) is 1.37. The van der Waals surface area contributed by atoms with E-state index in [4.69, 9.17) is 5.73 Å². The number of carbonyl (C=O) groups excluding carboxylic acids is 1. The molecule has 0 heterocycles. The molecule has 0 aliphatic heterocycles. The summed E-state index contributed by atoms with van der Waals surface area (Å²) < 4.78 is 36.8. The smallest absolute Gasteiger partial charge is 0.322 e. The van der Waals surface area contributed by atoms with Gasteiger partial charge in [-0.25, -0.2) is 0 Å². The first-order chi connectivity index (χ1) is 7.84. The lowest BCUT2D eigenvalue weighted by Gasteiger charge is -2.09. The van der Waals surface area contributed by atoms with Crippen molar-refractivity contribution >= 4 is 5.78 Å². The third-order valence-electron chi connectivity index (χ3n) is 2.51. The summed E-state index contributed by atoms with van der Waals surface area (Å²) in [6, 6.07) is 4.02. The Balaban J connectivity index is 2.73. The van der Waals surface area contributed by atoms with Crippen LogP contribution in [0.15, 0.2) is 24.3 Å². The molecule has 1 atom stereocenters. The van der Waals surface area contributed by atoms with Crippen molar-refractivity contribution in [3.63, 3.8) is 0 Å². The van der Waals surface area contributed by atoms with E-state index in [2.05, 4.69) is 0 Å². The standard InChI is InChI=1S/C12H14F3NO/c1-2-10(16)11(17)7-8-3-5-9(6-4-8)12(13,14)15/h3-6,10H,2,7,16H2,1H3. The number of hydrogen-bond acceptors (Lipinski definition) is 2. The Morgan fingerprint density at radius 2 is 1.82 bits per heavy atom. The van der Waals surface area contributed by atoms with E-state index in [9.17, 15) is 18.0 Å². The van der Waals surface area contributed by atoms with Gasteiger partial charge >= 0.3 is 6.18 Å². The largest absolute Gasteiger partial charge is 0.416 e. The van der Waals surface area contributed by atoms with Crippen molar-refractivity contribution in [3.05, 3.63) is 35.4 Å². The van der Waals surface area contributed by atoms with Crippen molar-refractivity contribution in [1.29, 1.82) is 0 Å². The van der Waals surface area contributed by atoms with Gasteiger partial charge in [-0.2, -0.15) is 13.2 Å². The first-order valence-electron chi connectivity index (χ1n) is 5.29. The van der Waals surface area contributed by atoms with Gasteiger partial charge in [0.1, 0.15) is 0 Å². The van der Waals surface area contributed by atoms with Crippen molar-refractivity contribution in [1.82, 2.24) is 0 Å². The van der Waals surface area contributed by atoms with Crippen LogP contribution < -0.4 is 5.73 Å². The normalized spacial score (nSPS) is 13.5. The monoisotopic (exact) mass is 245 g/mol. The Bertz CT molecular complexity index is 384. The first kappa shape index (κ1) is 13.7. The van der Waals surface area contributed by atoms with E-state index >= 15 is 0 Å². The number of Topliss-reactive ketones (excluding diaryl/α,β-unsaturated/α-hetero) is 1. The van der Waals surface area contributed by atoms with E-state index in [1.165, 1.54) is 12.1 Å². The molecule has 17 heavy (non-hydrogen) atoms. The molecule has 0 amide bonds. The van der Waals surface area contributed by atoms with Gasteiger partial charge in [-0.3, -0.25) is 4.79 Å². The Morgan fingerprint density at radius 3 is 2.24 bits per heavy atom. The van der Waals surface area contributed by atoms with Crippen molar-refractivity contribution in [2.75, 3.05) is 0 Å². The van der Waals surface area contributed by atoms with Crippen LogP contribution in [0.1, 0.15) is 24.5 Å². The highest BCUT2D eigenvalue weighted by Gasteiger charge is 2.30. The summed E-state index contributed by atoms with van der Waals surface area (Å²) in [5.41, 5.74) is 5.37. The van der Waals surface area contributed by atoms with Crippen molar-refractivity contribution in [3.8, 4) is 0 Å². The lowest BCUT2D eigenvalue weighted by molar-refractivity contribution is -0.137. The molecule has 2 N–H and O–H groups in total. The van der Waals surface area contributed by atoms with Crippen LogP contribution in [0.4, 0.5) is 13.2 Å². The maximum Gasteiger partial charge on any atom is 0.416 e. The molecule has 0 aliphatic carbocycles. The van der Waals surface area contributed by atoms with E-state index in [0.717, 1.165) is 12.1 Å². The highest BCUT2D eigenvalue weighted by Crippen LogP contribution is 2.29. The second-order valence-electron chi connectivity index (χ2n) is 3.85. The highest BCUT2D eigenvalue weighted by atomic mass is 19.4. The van der Waals surface area contributed by atoms with Crippen molar-refractivity contribution < 1.29 is 18.0 Å². The molecule has 94 valence electrons. The first-order valence-corrected chi connectivity index (χ1v) is 5.29. The Morgan fingerprint density at radius 1 is 1.29 bits per heavy atom. The molecule has 0 fully saturated rings. The Kier molecular flexibility index (Phi) is 4.28. The minimum atomic E-state index is -4.34.